The number of hydrogen-bond donors (Lipinski definition) is 1. The fraction of sp³-hybridized carbons (Fsp3) is 0.267. The summed E-state index contributed by atoms with van der Waals surface area (Å²) in [5.41, 5.74) is 2.03. The highest BCUT2D eigenvalue weighted by molar-refractivity contribution is 9.10. The minimum Gasteiger partial charge on any atom is -0.481 e. The lowest BCUT2D eigenvalue weighted by atomic mass is 9.97. The van der Waals surface area contributed by atoms with Gasteiger partial charge < -0.3 is 9.84 Å². The minimum atomic E-state index is -0.958. The summed E-state index contributed by atoms with van der Waals surface area (Å²) in [5.74, 6) is -1.20. The average molecular weight is 351 g/mol. The number of aryl methyl sites for hydroxylation is 1. The van der Waals surface area contributed by atoms with Crippen molar-refractivity contribution in [2.75, 3.05) is 7.11 Å². The van der Waals surface area contributed by atoms with Crippen molar-refractivity contribution in [2.45, 2.75) is 19.3 Å². The van der Waals surface area contributed by atoms with Crippen LogP contribution >= 0.6 is 15.9 Å². The van der Waals surface area contributed by atoms with E-state index in [4.69, 9.17) is 4.74 Å². The topological polar surface area (TPSA) is 72.3 Å². The molecular formula is C15H15BrN2O3. The maximum Gasteiger partial charge on any atom is 0.314 e. The Hall–Kier alpha value is -1.95. The van der Waals surface area contributed by atoms with Gasteiger partial charge in [0.1, 0.15) is 11.7 Å². The Bertz CT molecular complexity index is 661. The zero-order valence-electron chi connectivity index (χ0n) is 11.7. The standard InChI is InChI=1S/C15H15BrN2O3/c1-9-4-3-5-10(6-9)7-11(15(19)20)13-17-8-12(16)14(18-13)21-2/h3-6,8,11H,7H2,1-2H3,(H,19,20). The summed E-state index contributed by atoms with van der Waals surface area (Å²) in [6.45, 7) is 1.97. The molecule has 110 valence electrons. The van der Waals surface area contributed by atoms with Gasteiger partial charge in [0.15, 0.2) is 0 Å². The van der Waals surface area contributed by atoms with E-state index in [1.807, 2.05) is 31.2 Å². The van der Waals surface area contributed by atoms with Gasteiger partial charge in [0.05, 0.1) is 11.6 Å². The second kappa shape index (κ2) is 6.67. The fourth-order valence-corrected chi connectivity index (χ4v) is 2.39. The van der Waals surface area contributed by atoms with Crippen LogP contribution in [0.5, 0.6) is 5.88 Å². The van der Waals surface area contributed by atoms with E-state index in [0.717, 1.165) is 11.1 Å². The van der Waals surface area contributed by atoms with Gasteiger partial charge in [-0.2, -0.15) is 4.98 Å². The van der Waals surface area contributed by atoms with E-state index in [1.54, 1.807) is 0 Å². The summed E-state index contributed by atoms with van der Waals surface area (Å²) < 4.78 is 5.69. The lowest BCUT2D eigenvalue weighted by Crippen LogP contribution is -2.18. The predicted molar refractivity (Wildman–Crippen MR) is 81.5 cm³/mol. The molecule has 0 amide bonds. The normalized spacial score (nSPS) is 12.0. The molecule has 5 nitrogen and oxygen atoms in total. The van der Waals surface area contributed by atoms with Gasteiger partial charge in [-0.25, -0.2) is 4.98 Å². The third kappa shape index (κ3) is 3.78. The zero-order chi connectivity index (χ0) is 15.4. The largest absolute Gasteiger partial charge is 0.481 e. The van der Waals surface area contributed by atoms with Crippen molar-refractivity contribution in [3.8, 4) is 5.88 Å². The average Bonchev–Trinajstić information content (AvgIpc) is 2.45. The lowest BCUT2D eigenvalue weighted by molar-refractivity contribution is -0.139. The van der Waals surface area contributed by atoms with E-state index in [-0.39, 0.29) is 5.82 Å². The van der Waals surface area contributed by atoms with Gasteiger partial charge in [0.25, 0.3) is 0 Å². The highest BCUT2D eigenvalue weighted by Gasteiger charge is 2.24. The number of carboxylic acid groups (broad SMARTS) is 1. The van der Waals surface area contributed by atoms with E-state index in [9.17, 15) is 9.90 Å². The van der Waals surface area contributed by atoms with Gasteiger partial charge in [-0.3, -0.25) is 4.79 Å². The van der Waals surface area contributed by atoms with Crippen molar-refractivity contribution >= 4 is 21.9 Å². The number of hydrogen-bond acceptors (Lipinski definition) is 4. The van der Waals surface area contributed by atoms with Crippen LogP contribution in [-0.2, 0) is 11.2 Å². The number of carboxylic acids is 1. The van der Waals surface area contributed by atoms with Crippen LogP contribution in [0.4, 0.5) is 0 Å². The Balaban J connectivity index is 2.33. The molecule has 0 bridgehead atoms. The van der Waals surface area contributed by atoms with Crippen molar-refractivity contribution in [1.82, 2.24) is 9.97 Å². The van der Waals surface area contributed by atoms with E-state index in [0.29, 0.717) is 16.8 Å². The second-order valence-electron chi connectivity index (χ2n) is 4.67. The SMILES string of the molecule is COc1nc(C(Cc2cccc(C)c2)C(=O)O)ncc1Br. The Kier molecular flexibility index (Phi) is 4.90. The molecule has 1 aromatic carbocycles. The van der Waals surface area contributed by atoms with Crippen LogP contribution in [0.25, 0.3) is 0 Å². The van der Waals surface area contributed by atoms with Gasteiger partial charge in [-0.1, -0.05) is 29.8 Å². The van der Waals surface area contributed by atoms with Crippen LogP contribution in [-0.4, -0.2) is 28.2 Å². The van der Waals surface area contributed by atoms with Crippen molar-refractivity contribution in [3.05, 3.63) is 51.9 Å². The number of benzene rings is 1. The summed E-state index contributed by atoms with van der Waals surface area (Å²) in [7, 11) is 1.48. The van der Waals surface area contributed by atoms with Crippen molar-refractivity contribution in [1.29, 1.82) is 0 Å². The zero-order valence-corrected chi connectivity index (χ0v) is 13.3. The first-order chi connectivity index (χ1) is 10.0. The van der Waals surface area contributed by atoms with Crippen LogP contribution in [0, 0.1) is 6.92 Å². The second-order valence-corrected chi connectivity index (χ2v) is 5.52. The molecule has 1 atom stereocenters. The summed E-state index contributed by atoms with van der Waals surface area (Å²) >= 11 is 3.26. The maximum atomic E-state index is 11.5. The first-order valence-electron chi connectivity index (χ1n) is 6.36. The van der Waals surface area contributed by atoms with E-state index in [2.05, 4.69) is 25.9 Å². The minimum absolute atomic E-state index is 0.240. The molecule has 0 fully saturated rings. The third-order valence-electron chi connectivity index (χ3n) is 3.06. The third-order valence-corrected chi connectivity index (χ3v) is 3.60. The van der Waals surface area contributed by atoms with Gasteiger partial charge >= 0.3 is 5.97 Å². The molecule has 0 aliphatic carbocycles. The van der Waals surface area contributed by atoms with Gasteiger partial charge in [-0.15, -0.1) is 0 Å². The molecule has 6 heteroatoms. The molecular weight excluding hydrogens is 336 g/mol. The van der Waals surface area contributed by atoms with Gasteiger partial charge in [-0.05, 0) is 34.8 Å². The monoisotopic (exact) mass is 350 g/mol. The highest BCUT2D eigenvalue weighted by Crippen LogP contribution is 2.25. The Morgan fingerprint density at radius 3 is 2.86 bits per heavy atom. The molecule has 0 aliphatic rings. The van der Waals surface area contributed by atoms with Crippen LogP contribution < -0.4 is 4.74 Å². The van der Waals surface area contributed by atoms with Crippen molar-refractivity contribution in [3.63, 3.8) is 0 Å². The van der Waals surface area contributed by atoms with Crippen molar-refractivity contribution in [2.24, 2.45) is 0 Å². The molecule has 1 N–H and O–H groups in total. The van der Waals surface area contributed by atoms with Crippen molar-refractivity contribution < 1.29 is 14.6 Å². The predicted octanol–water partition coefficient (Wildman–Crippen LogP) is 2.97. The van der Waals surface area contributed by atoms with Crippen LogP contribution in [0.15, 0.2) is 34.9 Å². The summed E-state index contributed by atoms with van der Waals surface area (Å²) in [6, 6.07) is 7.75. The fourth-order valence-electron chi connectivity index (χ4n) is 2.04. The van der Waals surface area contributed by atoms with E-state index >= 15 is 0 Å². The first-order valence-corrected chi connectivity index (χ1v) is 7.15. The lowest BCUT2D eigenvalue weighted by Gasteiger charge is -2.13. The molecule has 1 unspecified atom stereocenters. The summed E-state index contributed by atoms with van der Waals surface area (Å²) in [4.78, 5) is 19.8. The highest BCUT2D eigenvalue weighted by atomic mass is 79.9. The Morgan fingerprint density at radius 2 is 2.24 bits per heavy atom. The number of rotatable bonds is 5. The van der Waals surface area contributed by atoms with Crippen LogP contribution in [0.2, 0.25) is 0 Å². The molecule has 1 heterocycles. The maximum absolute atomic E-state index is 11.5. The molecule has 1 aromatic heterocycles. The molecule has 0 aliphatic heterocycles. The molecule has 0 saturated carbocycles. The Labute approximate surface area is 131 Å². The smallest absolute Gasteiger partial charge is 0.314 e. The number of aliphatic carboxylic acids is 1. The van der Waals surface area contributed by atoms with Crippen LogP contribution in [0.1, 0.15) is 22.9 Å². The number of methoxy groups -OCH3 is 1. The number of nitrogens with zero attached hydrogens (tertiary/aromatic N) is 2. The van der Waals surface area contributed by atoms with Gasteiger partial charge in [0, 0.05) is 6.20 Å². The quantitative estimate of drug-likeness (QED) is 0.897. The molecule has 2 rings (SSSR count). The van der Waals surface area contributed by atoms with Gasteiger partial charge in [0.2, 0.25) is 5.88 Å². The molecule has 0 saturated heterocycles. The molecule has 0 spiro atoms. The number of ether oxygens (including phenoxy) is 1. The van der Waals surface area contributed by atoms with E-state index in [1.165, 1.54) is 13.3 Å². The summed E-state index contributed by atoms with van der Waals surface area (Å²) in [6.07, 6.45) is 1.84. The number of carbonyl (C=O) groups is 1. The first kappa shape index (κ1) is 15.4. The van der Waals surface area contributed by atoms with E-state index < -0.39 is 11.9 Å². The summed E-state index contributed by atoms with van der Waals surface area (Å²) in [5, 5.41) is 9.46. The molecule has 21 heavy (non-hydrogen) atoms. The van der Waals surface area contributed by atoms with Crippen LogP contribution in [0.3, 0.4) is 0 Å². The molecule has 0 radical (unpaired) electrons. The number of halogens is 1. The Morgan fingerprint density at radius 1 is 1.48 bits per heavy atom. The molecule has 2 aromatic rings. The number of aromatic nitrogens is 2.